The Morgan fingerprint density at radius 2 is 1.86 bits per heavy atom. The van der Waals surface area contributed by atoms with E-state index in [0.717, 1.165) is 12.0 Å². The number of fused-ring (bicyclic) bond motifs is 2. The molecular weight excluding hydrogens is 636 g/mol. The van der Waals surface area contributed by atoms with Crippen molar-refractivity contribution in [2.75, 3.05) is 12.0 Å². The van der Waals surface area contributed by atoms with Crippen LogP contribution in [0.1, 0.15) is 60.3 Å². The van der Waals surface area contributed by atoms with Gasteiger partial charge in [0.05, 0.1) is 5.52 Å². The quantitative estimate of drug-likeness (QED) is 0.196. The van der Waals surface area contributed by atoms with Gasteiger partial charge in [-0.1, -0.05) is 13.0 Å². The van der Waals surface area contributed by atoms with Gasteiger partial charge in [-0.3, -0.25) is 19.1 Å². The number of nitrogens with one attached hydrogen (secondary N) is 1. The molecule has 1 saturated carbocycles. The first kappa shape index (κ1) is 29.9. The predicted molar refractivity (Wildman–Crippen MR) is 162 cm³/mol. The van der Waals surface area contributed by atoms with Gasteiger partial charge < -0.3 is 10.2 Å². The Kier molecular flexibility index (Phi) is 7.55. The van der Waals surface area contributed by atoms with Crippen LogP contribution in [0.5, 0.6) is 0 Å². The van der Waals surface area contributed by atoms with Gasteiger partial charge in [0.1, 0.15) is 41.2 Å². The number of Topliss-reactive ketones (excluding diaryl/α,β-unsaturated/α-hetero) is 1. The van der Waals surface area contributed by atoms with E-state index < -0.39 is 30.6 Å². The molecule has 2 amide bonds. The maximum atomic E-state index is 15.2. The lowest BCUT2D eigenvalue weighted by atomic mass is 9.98. The molecule has 1 saturated heterocycles. The lowest BCUT2D eigenvalue weighted by Gasteiger charge is -2.27. The van der Waals surface area contributed by atoms with Gasteiger partial charge in [0.15, 0.2) is 12.0 Å². The SMILES string of the molecule is CC(=O)c1nn(CC(=O)N2[C@H](C(=O)Nc3nc(Br)ccc3C)C[C@@]3(C)C[C@@H]23)c2c(C(F)CF)cc(-c3cnc(C)nc3)cc12. The van der Waals surface area contributed by atoms with Gasteiger partial charge in [-0.05, 0) is 77.4 Å². The van der Waals surface area contributed by atoms with E-state index in [1.165, 1.54) is 17.7 Å². The number of aryl methyl sites for hydroxylation is 2. The van der Waals surface area contributed by atoms with Gasteiger partial charge in [-0.15, -0.1) is 0 Å². The number of hydrogen-bond acceptors (Lipinski definition) is 7. The van der Waals surface area contributed by atoms with Gasteiger partial charge in [0.25, 0.3) is 0 Å². The molecule has 2 aliphatic rings. The third-order valence-electron chi connectivity index (χ3n) is 8.61. The van der Waals surface area contributed by atoms with E-state index in [-0.39, 0.29) is 46.1 Å². The van der Waals surface area contributed by atoms with Crippen LogP contribution < -0.4 is 5.32 Å². The van der Waals surface area contributed by atoms with Crippen LogP contribution in [-0.4, -0.2) is 66.0 Å². The second kappa shape index (κ2) is 11.1. The second-order valence-electron chi connectivity index (χ2n) is 11.8. The van der Waals surface area contributed by atoms with E-state index in [0.29, 0.717) is 33.8 Å². The maximum absolute atomic E-state index is 15.2. The van der Waals surface area contributed by atoms with Gasteiger partial charge >= 0.3 is 0 Å². The number of halogens is 3. The first-order valence-electron chi connectivity index (χ1n) is 14.2. The van der Waals surface area contributed by atoms with Crippen molar-refractivity contribution in [1.82, 2.24) is 29.6 Å². The summed E-state index contributed by atoms with van der Waals surface area (Å²) < 4.78 is 30.9. The smallest absolute Gasteiger partial charge is 0.248 e. The standard InChI is InChI=1S/C31H30BrF2N7O3/c1-15-5-6-25(32)37-29(15)38-30(44)23-9-31(4)10-24(31)41(23)26(43)14-40-28-20(22(34)11-33)7-18(19-12-35-17(3)36-13-19)8-21(28)27(39-40)16(2)42/h5-8,12-13,22-24H,9-11,14H2,1-4H3,(H,37,38,44)/t22?,23-,24+,31-/m0/s1. The molecule has 1 aliphatic carbocycles. The lowest BCUT2D eigenvalue weighted by molar-refractivity contribution is -0.138. The molecule has 4 atom stereocenters. The first-order chi connectivity index (χ1) is 20.9. The first-order valence-corrected chi connectivity index (χ1v) is 15.0. The highest BCUT2D eigenvalue weighted by molar-refractivity contribution is 9.10. The summed E-state index contributed by atoms with van der Waals surface area (Å²) in [5.74, 6) is -0.229. The van der Waals surface area contributed by atoms with Crippen LogP contribution in [0.25, 0.3) is 22.0 Å². The van der Waals surface area contributed by atoms with E-state index >= 15 is 4.39 Å². The van der Waals surface area contributed by atoms with Crippen molar-refractivity contribution in [3.63, 3.8) is 0 Å². The highest BCUT2D eigenvalue weighted by Crippen LogP contribution is 2.59. The Hall–Kier alpha value is -4.13. The minimum Gasteiger partial charge on any atom is -0.325 e. The fraction of sp³-hybridized carbons (Fsp3) is 0.387. The molecule has 1 unspecified atom stereocenters. The van der Waals surface area contributed by atoms with Gasteiger partial charge in [-0.2, -0.15) is 5.10 Å². The molecular formula is C31H30BrF2N7O3. The minimum atomic E-state index is -2.04. The summed E-state index contributed by atoms with van der Waals surface area (Å²) in [5.41, 5.74) is 1.73. The Morgan fingerprint density at radius 3 is 2.55 bits per heavy atom. The highest BCUT2D eigenvalue weighted by atomic mass is 79.9. The van der Waals surface area contributed by atoms with Crippen molar-refractivity contribution >= 4 is 50.2 Å². The number of amides is 2. The number of aromatic nitrogens is 5. The predicted octanol–water partition coefficient (Wildman–Crippen LogP) is 5.47. The number of piperidine rings is 1. The molecule has 1 N–H and O–H groups in total. The molecule has 3 aromatic heterocycles. The van der Waals surface area contributed by atoms with Crippen LogP contribution in [0, 0.1) is 19.3 Å². The zero-order valence-corrected chi connectivity index (χ0v) is 26.2. The number of rotatable bonds is 8. The van der Waals surface area contributed by atoms with Gasteiger partial charge in [0.2, 0.25) is 11.8 Å². The van der Waals surface area contributed by atoms with Crippen LogP contribution in [-0.2, 0) is 16.1 Å². The number of benzene rings is 1. The van der Waals surface area contributed by atoms with Gasteiger partial charge in [-0.25, -0.2) is 23.7 Å². The van der Waals surface area contributed by atoms with E-state index in [4.69, 9.17) is 0 Å². The number of anilines is 1. The lowest BCUT2D eigenvalue weighted by Crippen LogP contribution is -2.47. The van der Waals surface area contributed by atoms with Crippen molar-refractivity contribution in [3.8, 4) is 11.1 Å². The second-order valence-corrected chi connectivity index (χ2v) is 12.7. The Labute approximate surface area is 260 Å². The van der Waals surface area contributed by atoms with E-state index in [1.807, 2.05) is 19.9 Å². The molecule has 1 aliphatic heterocycles. The molecule has 0 radical (unpaired) electrons. The third kappa shape index (κ3) is 5.27. The molecule has 0 bridgehead atoms. The number of alkyl halides is 2. The van der Waals surface area contributed by atoms with Crippen molar-refractivity contribution in [3.05, 3.63) is 63.9 Å². The van der Waals surface area contributed by atoms with Crippen LogP contribution in [0.4, 0.5) is 14.6 Å². The molecule has 1 aromatic carbocycles. The summed E-state index contributed by atoms with van der Waals surface area (Å²) in [6.07, 6.45) is 2.31. The summed E-state index contributed by atoms with van der Waals surface area (Å²) in [6.45, 7) is 5.24. The monoisotopic (exact) mass is 665 g/mol. The molecule has 4 heterocycles. The summed E-state index contributed by atoms with van der Waals surface area (Å²) in [7, 11) is 0. The number of likely N-dealkylation sites (tertiary alicyclic amines) is 1. The van der Waals surface area contributed by atoms with Crippen molar-refractivity contribution in [1.29, 1.82) is 0 Å². The average Bonchev–Trinajstić information content (AvgIpc) is 3.35. The minimum absolute atomic E-state index is 0.0261. The van der Waals surface area contributed by atoms with E-state index in [2.05, 4.69) is 41.3 Å². The molecule has 4 aromatic rings. The van der Waals surface area contributed by atoms with Crippen molar-refractivity contribution in [2.45, 2.75) is 65.3 Å². The Balaban J connectivity index is 1.37. The molecule has 6 rings (SSSR count). The number of pyridine rings is 1. The van der Waals surface area contributed by atoms with E-state index in [9.17, 15) is 18.8 Å². The Morgan fingerprint density at radius 1 is 1.14 bits per heavy atom. The number of nitrogens with zero attached hydrogens (tertiary/aromatic N) is 6. The Bertz CT molecular complexity index is 1830. The van der Waals surface area contributed by atoms with Gasteiger partial charge in [0, 0.05) is 41.9 Å². The number of carbonyl (C=O) groups is 3. The largest absolute Gasteiger partial charge is 0.325 e. The van der Waals surface area contributed by atoms with Crippen molar-refractivity contribution < 1.29 is 23.2 Å². The zero-order valence-electron chi connectivity index (χ0n) is 24.6. The molecule has 228 valence electrons. The molecule has 13 heteroatoms. The van der Waals surface area contributed by atoms with Crippen molar-refractivity contribution in [2.24, 2.45) is 5.41 Å². The number of ketones is 1. The summed E-state index contributed by atoms with van der Waals surface area (Å²) in [4.78, 5) is 54.5. The fourth-order valence-corrected chi connectivity index (χ4v) is 6.47. The average molecular weight is 667 g/mol. The molecule has 10 nitrogen and oxygen atoms in total. The highest BCUT2D eigenvalue weighted by Gasteiger charge is 2.64. The molecule has 2 fully saturated rings. The van der Waals surface area contributed by atoms with E-state index in [1.54, 1.807) is 36.4 Å². The van der Waals surface area contributed by atoms with Crippen LogP contribution >= 0.6 is 15.9 Å². The topological polar surface area (TPSA) is 123 Å². The summed E-state index contributed by atoms with van der Waals surface area (Å²) >= 11 is 3.32. The normalized spacial score (nSPS) is 21.3. The fourth-order valence-electron chi connectivity index (χ4n) is 6.16. The summed E-state index contributed by atoms with van der Waals surface area (Å²) in [5, 5.41) is 7.58. The van der Waals surface area contributed by atoms with Crippen LogP contribution in [0.2, 0.25) is 0 Å². The molecule has 0 spiro atoms. The number of hydrogen-bond donors (Lipinski definition) is 1. The third-order valence-corrected chi connectivity index (χ3v) is 9.05. The van der Waals surface area contributed by atoms with Crippen LogP contribution in [0.3, 0.4) is 0 Å². The van der Waals surface area contributed by atoms with Crippen LogP contribution in [0.15, 0.2) is 41.3 Å². The summed E-state index contributed by atoms with van der Waals surface area (Å²) in [6, 6.07) is 5.82. The molecule has 44 heavy (non-hydrogen) atoms. The maximum Gasteiger partial charge on any atom is 0.248 e. The zero-order chi connectivity index (χ0) is 31.5. The number of carbonyl (C=O) groups excluding carboxylic acids is 3.